The molecule has 1 N–H and O–H groups in total. The van der Waals surface area contributed by atoms with E-state index < -0.39 is 0 Å². The lowest BCUT2D eigenvalue weighted by atomic mass is 9.95. The van der Waals surface area contributed by atoms with Crippen LogP contribution in [0.25, 0.3) is 0 Å². The van der Waals surface area contributed by atoms with E-state index in [1.54, 1.807) is 0 Å². The summed E-state index contributed by atoms with van der Waals surface area (Å²) in [6.07, 6.45) is 3.99. The van der Waals surface area contributed by atoms with Crippen molar-refractivity contribution in [2.45, 2.75) is 59.1 Å². The average molecular weight is 199 g/mol. The van der Waals surface area contributed by atoms with Crippen LogP contribution in [0.3, 0.4) is 0 Å². The van der Waals surface area contributed by atoms with E-state index in [9.17, 15) is 0 Å². The second kappa shape index (κ2) is 5.13. The van der Waals surface area contributed by atoms with Crippen molar-refractivity contribution in [2.24, 2.45) is 5.41 Å². The zero-order chi connectivity index (χ0) is 10.6. The van der Waals surface area contributed by atoms with Crippen LogP contribution in [0.5, 0.6) is 0 Å². The summed E-state index contributed by atoms with van der Waals surface area (Å²) in [5.74, 6) is 0. The molecule has 1 aliphatic heterocycles. The second-order valence-electron chi connectivity index (χ2n) is 5.56. The van der Waals surface area contributed by atoms with Crippen LogP contribution >= 0.6 is 0 Å². The topological polar surface area (TPSA) is 21.3 Å². The Balaban J connectivity index is 2.24. The molecule has 1 rings (SSSR count). The minimum Gasteiger partial charge on any atom is -0.378 e. The Morgan fingerprint density at radius 2 is 2.07 bits per heavy atom. The number of rotatable bonds is 3. The maximum absolute atomic E-state index is 5.65. The van der Waals surface area contributed by atoms with Gasteiger partial charge in [-0.1, -0.05) is 27.7 Å². The zero-order valence-electron chi connectivity index (χ0n) is 10.1. The van der Waals surface area contributed by atoms with E-state index in [0.29, 0.717) is 17.6 Å². The highest BCUT2D eigenvalue weighted by atomic mass is 16.5. The maximum atomic E-state index is 5.65. The molecule has 2 nitrogen and oxygen atoms in total. The Morgan fingerprint density at radius 1 is 1.36 bits per heavy atom. The Kier molecular flexibility index (Phi) is 4.39. The lowest BCUT2D eigenvalue weighted by molar-refractivity contribution is -0.00125. The highest BCUT2D eigenvalue weighted by molar-refractivity contribution is 4.78. The largest absolute Gasteiger partial charge is 0.378 e. The van der Waals surface area contributed by atoms with Crippen LogP contribution in [0.1, 0.15) is 47.0 Å². The first-order valence-corrected chi connectivity index (χ1v) is 5.86. The van der Waals surface area contributed by atoms with Gasteiger partial charge in [0.05, 0.1) is 6.10 Å². The van der Waals surface area contributed by atoms with Crippen molar-refractivity contribution in [3.63, 3.8) is 0 Å². The summed E-state index contributed by atoms with van der Waals surface area (Å²) < 4.78 is 5.65. The van der Waals surface area contributed by atoms with Crippen molar-refractivity contribution in [3.05, 3.63) is 0 Å². The highest BCUT2D eigenvalue weighted by Crippen LogP contribution is 2.18. The quantitative estimate of drug-likeness (QED) is 0.754. The summed E-state index contributed by atoms with van der Waals surface area (Å²) in [5.41, 5.74) is 0.389. The van der Waals surface area contributed by atoms with E-state index >= 15 is 0 Å². The fourth-order valence-electron chi connectivity index (χ4n) is 1.80. The molecule has 1 saturated heterocycles. The zero-order valence-corrected chi connectivity index (χ0v) is 10.1. The first-order valence-electron chi connectivity index (χ1n) is 5.86. The molecule has 0 saturated carbocycles. The predicted octanol–water partition coefficient (Wildman–Crippen LogP) is 2.58. The molecule has 0 aromatic rings. The van der Waals surface area contributed by atoms with E-state index in [-0.39, 0.29) is 0 Å². The van der Waals surface area contributed by atoms with Crippen molar-refractivity contribution in [1.29, 1.82) is 0 Å². The van der Waals surface area contributed by atoms with Crippen molar-refractivity contribution >= 4 is 0 Å². The summed E-state index contributed by atoms with van der Waals surface area (Å²) in [6.45, 7) is 11.1. The molecule has 0 amide bonds. The molecular formula is C12H25NO. The van der Waals surface area contributed by atoms with E-state index in [2.05, 4.69) is 33.0 Å². The monoisotopic (exact) mass is 199 g/mol. The van der Waals surface area contributed by atoms with Gasteiger partial charge in [-0.15, -0.1) is 0 Å². The molecule has 2 heteroatoms. The van der Waals surface area contributed by atoms with Gasteiger partial charge in [-0.2, -0.15) is 0 Å². The summed E-state index contributed by atoms with van der Waals surface area (Å²) >= 11 is 0. The van der Waals surface area contributed by atoms with Gasteiger partial charge in [0.2, 0.25) is 0 Å². The molecule has 0 spiro atoms. The molecular weight excluding hydrogens is 174 g/mol. The Bertz CT molecular complexity index is 162. The number of nitrogens with one attached hydrogen (secondary N) is 1. The molecule has 1 heterocycles. The van der Waals surface area contributed by atoms with Crippen molar-refractivity contribution in [1.82, 2.24) is 5.32 Å². The van der Waals surface area contributed by atoms with Gasteiger partial charge < -0.3 is 10.1 Å². The summed E-state index contributed by atoms with van der Waals surface area (Å²) in [7, 11) is 0. The van der Waals surface area contributed by atoms with Gasteiger partial charge in [-0.25, -0.2) is 0 Å². The SMILES string of the molecule is CCC1CC(NCC(C)(C)C)CCO1. The van der Waals surface area contributed by atoms with Crippen LogP contribution in [-0.4, -0.2) is 25.3 Å². The molecule has 0 aromatic carbocycles. The lowest BCUT2D eigenvalue weighted by Crippen LogP contribution is -2.42. The average Bonchev–Trinajstić information content (AvgIpc) is 2.14. The van der Waals surface area contributed by atoms with Crippen LogP contribution in [-0.2, 0) is 4.74 Å². The van der Waals surface area contributed by atoms with Gasteiger partial charge in [-0.3, -0.25) is 0 Å². The third-order valence-electron chi connectivity index (χ3n) is 2.74. The maximum Gasteiger partial charge on any atom is 0.0587 e. The van der Waals surface area contributed by atoms with E-state index in [0.717, 1.165) is 19.6 Å². The Labute approximate surface area is 88.4 Å². The van der Waals surface area contributed by atoms with Gasteiger partial charge in [-0.05, 0) is 24.7 Å². The molecule has 2 unspecified atom stereocenters. The van der Waals surface area contributed by atoms with Crippen LogP contribution < -0.4 is 5.32 Å². The van der Waals surface area contributed by atoms with Crippen LogP contribution in [0, 0.1) is 5.41 Å². The normalized spacial score (nSPS) is 29.1. The van der Waals surface area contributed by atoms with Gasteiger partial charge in [0.25, 0.3) is 0 Å². The molecule has 1 fully saturated rings. The first-order chi connectivity index (χ1) is 6.51. The van der Waals surface area contributed by atoms with Crippen molar-refractivity contribution in [2.75, 3.05) is 13.2 Å². The summed E-state index contributed by atoms with van der Waals surface area (Å²) in [6, 6.07) is 0.674. The van der Waals surface area contributed by atoms with Gasteiger partial charge in [0.15, 0.2) is 0 Å². The van der Waals surface area contributed by atoms with Gasteiger partial charge >= 0.3 is 0 Å². The second-order valence-corrected chi connectivity index (χ2v) is 5.56. The smallest absolute Gasteiger partial charge is 0.0587 e. The van der Waals surface area contributed by atoms with E-state index in [4.69, 9.17) is 4.74 Å². The van der Waals surface area contributed by atoms with Crippen molar-refractivity contribution in [3.8, 4) is 0 Å². The minimum atomic E-state index is 0.389. The summed E-state index contributed by atoms with van der Waals surface area (Å²) in [4.78, 5) is 0. The molecule has 0 radical (unpaired) electrons. The van der Waals surface area contributed by atoms with E-state index in [1.165, 1.54) is 12.8 Å². The summed E-state index contributed by atoms with van der Waals surface area (Å²) in [5, 5.41) is 3.65. The van der Waals surface area contributed by atoms with Crippen LogP contribution in [0.15, 0.2) is 0 Å². The standard InChI is InChI=1S/C12H25NO/c1-5-11-8-10(6-7-14-11)13-9-12(2,3)4/h10-11,13H,5-9H2,1-4H3. The Morgan fingerprint density at radius 3 is 2.64 bits per heavy atom. The van der Waals surface area contributed by atoms with Crippen LogP contribution in [0.4, 0.5) is 0 Å². The first kappa shape index (κ1) is 12.0. The molecule has 1 aliphatic rings. The van der Waals surface area contributed by atoms with E-state index in [1.807, 2.05) is 0 Å². The molecule has 2 atom stereocenters. The molecule has 0 aliphatic carbocycles. The molecule has 84 valence electrons. The van der Waals surface area contributed by atoms with Gasteiger partial charge in [0.1, 0.15) is 0 Å². The lowest BCUT2D eigenvalue weighted by Gasteiger charge is -2.31. The number of hydrogen-bond acceptors (Lipinski definition) is 2. The fourth-order valence-corrected chi connectivity index (χ4v) is 1.80. The molecule has 14 heavy (non-hydrogen) atoms. The predicted molar refractivity (Wildman–Crippen MR) is 60.5 cm³/mol. The number of ether oxygens (including phenoxy) is 1. The third kappa shape index (κ3) is 4.43. The highest BCUT2D eigenvalue weighted by Gasteiger charge is 2.22. The fraction of sp³-hybridized carbons (Fsp3) is 1.00. The Hall–Kier alpha value is -0.0800. The van der Waals surface area contributed by atoms with Crippen molar-refractivity contribution < 1.29 is 4.74 Å². The van der Waals surface area contributed by atoms with Gasteiger partial charge in [0, 0.05) is 19.2 Å². The number of hydrogen-bond donors (Lipinski definition) is 1. The molecule has 0 bridgehead atoms. The minimum absolute atomic E-state index is 0.389. The van der Waals surface area contributed by atoms with Crippen LogP contribution in [0.2, 0.25) is 0 Å². The molecule has 0 aromatic heterocycles. The third-order valence-corrected chi connectivity index (χ3v) is 2.74.